The molecule has 0 aliphatic rings. The van der Waals surface area contributed by atoms with E-state index < -0.39 is 0 Å². The zero-order valence-electron chi connectivity index (χ0n) is 7.21. The Balaban J connectivity index is 3.22. The predicted molar refractivity (Wildman–Crippen MR) is 46.2 cm³/mol. The van der Waals surface area contributed by atoms with Crippen LogP contribution in [0.1, 0.15) is 31.2 Å². The van der Waals surface area contributed by atoms with Gasteiger partial charge in [-0.3, -0.25) is 0 Å². The highest BCUT2D eigenvalue weighted by atomic mass is 19.1. The molecule has 64 valence electrons. The van der Waals surface area contributed by atoms with E-state index in [2.05, 4.69) is 16.5 Å². The summed E-state index contributed by atoms with van der Waals surface area (Å²) in [6, 6.07) is 0. The van der Waals surface area contributed by atoms with Gasteiger partial charge in [-0.25, -0.2) is 14.4 Å². The second kappa shape index (κ2) is 3.43. The summed E-state index contributed by atoms with van der Waals surface area (Å²) in [5.41, 5.74) is 0.716. The third-order valence-electron chi connectivity index (χ3n) is 1.58. The molecule has 0 radical (unpaired) electrons. The van der Waals surface area contributed by atoms with Crippen LogP contribution >= 0.6 is 0 Å². The van der Waals surface area contributed by atoms with Gasteiger partial charge in [0.15, 0.2) is 5.82 Å². The molecule has 0 aromatic carbocycles. The van der Waals surface area contributed by atoms with Crippen molar-refractivity contribution in [1.82, 2.24) is 9.97 Å². The second-order valence-electron chi connectivity index (χ2n) is 2.82. The van der Waals surface area contributed by atoms with Crippen molar-refractivity contribution in [2.75, 3.05) is 0 Å². The highest BCUT2D eigenvalue weighted by molar-refractivity contribution is 5.42. The maximum Gasteiger partial charge on any atom is 0.170 e. The lowest BCUT2D eigenvalue weighted by atomic mass is 10.1. The minimum absolute atomic E-state index is 0.0756. The van der Waals surface area contributed by atoms with Crippen LogP contribution in [0.5, 0.6) is 0 Å². The third kappa shape index (κ3) is 1.49. The van der Waals surface area contributed by atoms with E-state index in [0.29, 0.717) is 5.69 Å². The van der Waals surface area contributed by atoms with Crippen molar-refractivity contribution in [3.63, 3.8) is 0 Å². The van der Waals surface area contributed by atoms with E-state index in [1.54, 1.807) is 0 Å². The number of aromatic nitrogens is 2. The van der Waals surface area contributed by atoms with E-state index >= 15 is 0 Å². The highest BCUT2D eigenvalue weighted by Gasteiger charge is 2.10. The van der Waals surface area contributed by atoms with Crippen LogP contribution in [0.3, 0.4) is 0 Å². The molecular formula is C9H11FN2. The van der Waals surface area contributed by atoms with Crippen LogP contribution in [0.15, 0.2) is 12.9 Å². The Bertz CT molecular complexity index is 295. The molecule has 0 N–H and O–H groups in total. The summed E-state index contributed by atoms with van der Waals surface area (Å²) in [6.07, 6.45) is 2.75. The normalized spacial score (nSPS) is 10.3. The van der Waals surface area contributed by atoms with Crippen LogP contribution in [0.25, 0.3) is 6.08 Å². The molecule has 0 spiro atoms. The molecule has 0 saturated carbocycles. The standard InChI is InChI=1S/C9H11FN2/c1-4-7-8(10)9(6(2)3)12-5-11-7/h4-6H,1H2,2-3H3. The summed E-state index contributed by atoms with van der Waals surface area (Å²) < 4.78 is 13.3. The van der Waals surface area contributed by atoms with Gasteiger partial charge >= 0.3 is 0 Å². The minimum Gasteiger partial charge on any atom is -0.238 e. The highest BCUT2D eigenvalue weighted by Crippen LogP contribution is 2.17. The molecule has 1 aromatic heterocycles. The van der Waals surface area contributed by atoms with E-state index in [-0.39, 0.29) is 17.4 Å². The first-order chi connectivity index (χ1) is 5.66. The summed E-state index contributed by atoms with van der Waals surface area (Å²) >= 11 is 0. The Labute approximate surface area is 71.2 Å². The molecule has 12 heavy (non-hydrogen) atoms. The number of hydrogen-bond acceptors (Lipinski definition) is 2. The Morgan fingerprint density at radius 1 is 1.50 bits per heavy atom. The van der Waals surface area contributed by atoms with Gasteiger partial charge in [0.2, 0.25) is 0 Å². The first kappa shape index (κ1) is 8.84. The zero-order valence-corrected chi connectivity index (χ0v) is 7.21. The largest absolute Gasteiger partial charge is 0.238 e. The Hall–Kier alpha value is -1.25. The summed E-state index contributed by atoms with van der Waals surface area (Å²) in [6.45, 7) is 7.24. The fourth-order valence-electron chi connectivity index (χ4n) is 0.943. The molecule has 0 aliphatic heterocycles. The van der Waals surface area contributed by atoms with Gasteiger partial charge in [-0.1, -0.05) is 20.4 Å². The van der Waals surface area contributed by atoms with Gasteiger partial charge in [-0.05, 0) is 12.0 Å². The SMILES string of the molecule is C=Cc1ncnc(C(C)C)c1F. The summed E-state index contributed by atoms with van der Waals surface area (Å²) in [7, 11) is 0. The maximum absolute atomic E-state index is 13.3. The first-order valence-electron chi connectivity index (χ1n) is 3.79. The molecule has 0 unspecified atom stereocenters. The third-order valence-corrected chi connectivity index (χ3v) is 1.58. The van der Waals surface area contributed by atoms with Crippen molar-refractivity contribution in [1.29, 1.82) is 0 Å². The molecule has 0 atom stereocenters. The number of halogens is 1. The topological polar surface area (TPSA) is 25.8 Å². The molecule has 1 aromatic rings. The van der Waals surface area contributed by atoms with Crippen LogP contribution in [-0.4, -0.2) is 9.97 Å². The van der Waals surface area contributed by atoms with E-state index in [1.807, 2.05) is 13.8 Å². The lowest BCUT2D eigenvalue weighted by Gasteiger charge is -2.05. The van der Waals surface area contributed by atoms with Gasteiger partial charge in [0.1, 0.15) is 12.0 Å². The Morgan fingerprint density at radius 2 is 2.17 bits per heavy atom. The lowest BCUT2D eigenvalue weighted by Crippen LogP contribution is -2.01. The van der Waals surface area contributed by atoms with Crippen molar-refractivity contribution in [2.24, 2.45) is 0 Å². The van der Waals surface area contributed by atoms with Crippen molar-refractivity contribution >= 4 is 6.08 Å². The molecule has 0 fully saturated rings. The van der Waals surface area contributed by atoms with E-state index in [1.165, 1.54) is 12.4 Å². The minimum atomic E-state index is -0.359. The average Bonchev–Trinajstić information content (AvgIpc) is 2.04. The van der Waals surface area contributed by atoms with Gasteiger partial charge in [-0.2, -0.15) is 0 Å². The molecule has 0 bridgehead atoms. The lowest BCUT2D eigenvalue weighted by molar-refractivity contribution is 0.573. The van der Waals surface area contributed by atoms with Crippen LogP contribution in [0, 0.1) is 5.82 Å². The van der Waals surface area contributed by atoms with Gasteiger partial charge in [0.25, 0.3) is 0 Å². The average molecular weight is 166 g/mol. The molecule has 3 heteroatoms. The van der Waals surface area contributed by atoms with Gasteiger partial charge in [0, 0.05) is 0 Å². The zero-order chi connectivity index (χ0) is 9.14. The summed E-state index contributed by atoms with van der Waals surface area (Å²) in [5, 5.41) is 0. The monoisotopic (exact) mass is 166 g/mol. The summed E-state index contributed by atoms with van der Waals surface area (Å²) in [5.74, 6) is -0.283. The van der Waals surface area contributed by atoms with Crippen molar-refractivity contribution in [2.45, 2.75) is 19.8 Å². The van der Waals surface area contributed by atoms with Gasteiger partial charge in [0.05, 0.1) is 5.69 Å². The Morgan fingerprint density at radius 3 is 2.67 bits per heavy atom. The van der Waals surface area contributed by atoms with Crippen molar-refractivity contribution in [3.05, 3.63) is 30.1 Å². The number of nitrogens with zero attached hydrogens (tertiary/aromatic N) is 2. The first-order valence-corrected chi connectivity index (χ1v) is 3.79. The molecule has 2 nitrogen and oxygen atoms in total. The van der Waals surface area contributed by atoms with Crippen LogP contribution in [-0.2, 0) is 0 Å². The molecule has 1 heterocycles. The summed E-state index contributed by atoms with van der Waals surface area (Å²) in [4.78, 5) is 7.59. The van der Waals surface area contributed by atoms with E-state index in [4.69, 9.17) is 0 Å². The smallest absolute Gasteiger partial charge is 0.170 e. The molecule has 1 rings (SSSR count). The molecule has 0 amide bonds. The number of hydrogen-bond donors (Lipinski definition) is 0. The van der Waals surface area contributed by atoms with E-state index in [9.17, 15) is 4.39 Å². The second-order valence-corrected chi connectivity index (χ2v) is 2.82. The predicted octanol–water partition coefficient (Wildman–Crippen LogP) is 2.38. The van der Waals surface area contributed by atoms with Crippen LogP contribution in [0.2, 0.25) is 0 Å². The fraction of sp³-hybridized carbons (Fsp3) is 0.333. The van der Waals surface area contributed by atoms with Crippen molar-refractivity contribution in [3.8, 4) is 0 Å². The molecule has 0 aliphatic carbocycles. The Kier molecular flexibility index (Phi) is 2.53. The van der Waals surface area contributed by atoms with Crippen LogP contribution in [0.4, 0.5) is 4.39 Å². The van der Waals surface area contributed by atoms with Gasteiger partial charge in [-0.15, -0.1) is 0 Å². The van der Waals surface area contributed by atoms with Crippen molar-refractivity contribution < 1.29 is 4.39 Å². The maximum atomic E-state index is 13.3. The molecular weight excluding hydrogens is 155 g/mol. The fourth-order valence-corrected chi connectivity index (χ4v) is 0.943. The van der Waals surface area contributed by atoms with Crippen LogP contribution < -0.4 is 0 Å². The van der Waals surface area contributed by atoms with Gasteiger partial charge < -0.3 is 0 Å². The van der Waals surface area contributed by atoms with E-state index in [0.717, 1.165) is 0 Å². The molecule has 0 saturated heterocycles. The quantitative estimate of drug-likeness (QED) is 0.674. The number of rotatable bonds is 2.